The number of piperidine rings is 1. The molecule has 0 spiro atoms. The maximum absolute atomic E-state index is 13.2. The van der Waals surface area contributed by atoms with Crippen LogP contribution in [0.5, 0.6) is 0 Å². The van der Waals surface area contributed by atoms with Gasteiger partial charge in [-0.25, -0.2) is 9.37 Å². The van der Waals surface area contributed by atoms with Gasteiger partial charge in [-0.1, -0.05) is 11.6 Å². The van der Waals surface area contributed by atoms with E-state index in [0.29, 0.717) is 32.5 Å². The van der Waals surface area contributed by atoms with Crippen LogP contribution in [0.15, 0.2) is 12.3 Å². The second-order valence-electron chi connectivity index (χ2n) is 4.81. The van der Waals surface area contributed by atoms with Crippen molar-refractivity contribution in [1.29, 1.82) is 0 Å². The molecule has 1 aliphatic heterocycles. The van der Waals surface area contributed by atoms with Crippen molar-refractivity contribution in [3.8, 4) is 0 Å². The Labute approximate surface area is 127 Å². The number of carbonyl (C=O) groups excluding carboxylic acids is 2. The van der Waals surface area contributed by atoms with Crippen molar-refractivity contribution < 1.29 is 18.7 Å². The molecular formula is C14H16ClFN2O3. The summed E-state index contributed by atoms with van der Waals surface area (Å²) in [6, 6.07) is 1.08. The third-order valence-electron chi connectivity index (χ3n) is 3.44. The highest BCUT2D eigenvalue weighted by Gasteiger charge is 2.29. The molecule has 0 saturated carbocycles. The van der Waals surface area contributed by atoms with Gasteiger partial charge in [0.05, 0.1) is 24.3 Å². The zero-order valence-corrected chi connectivity index (χ0v) is 12.4. The van der Waals surface area contributed by atoms with Crippen LogP contribution in [0.25, 0.3) is 0 Å². The van der Waals surface area contributed by atoms with Crippen molar-refractivity contribution in [2.45, 2.75) is 19.8 Å². The minimum Gasteiger partial charge on any atom is -0.466 e. The van der Waals surface area contributed by atoms with E-state index in [9.17, 15) is 14.0 Å². The minimum absolute atomic E-state index is 0.0195. The monoisotopic (exact) mass is 314 g/mol. The molecule has 0 aromatic carbocycles. The molecule has 0 N–H and O–H groups in total. The van der Waals surface area contributed by atoms with E-state index in [1.807, 2.05) is 0 Å². The van der Waals surface area contributed by atoms with Crippen LogP contribution in [0, 0.1) is 11.7 Å². The molecule has 7 heteroatoms. The lowest BCUT2D eigenvalue weighted by Gasteiger charge is -2.31. The molecule has 1 fully saturated rings. The molecule has 0 unspecified atom stereocenters. The molecule has 1 aliphatic rings. The van der Waals surface area contributed by atoms with E-state index in [-0.39, 0.29) is 28.5 Å². The van der Waals surface area contributed by atoms with Gasteiger partial charge in [0.15, 0.2) is 0 Å². The van der Waals surface area contributed by atoms with Gasteiger partial charge in [0.2, 0.25) is 0 Å². The lowest BCUT2D eigenvalue weighted by Crippen LogP contribution is -2.40. The summed E-state index contributed by atoms with van der Waals surface area (Å²) in [5.41, 5.74) is 0.0475. The number of likely N-dealkylation sites (tertiary alicyclic amines) is 1. The van der Waals surface area contributed by atoms with Crippen LogP contribution >= 0.6 is 11.6 Å². The minimum atomic E-state index is -0.607. The van der Waals surface area contributed by atoms with Crippen molar-refractivity contribution in [1.82, 2.24) is 9.88 Å². The molecule has 0 atom stereocenters. The molecule has 2 heterocycles. The molecule has 1 amide bonds. The smallest absolute Gasteiger partial charge is 0.309 e. The third-order valence-corrected chi connectivity index (χ3v) is 3.74. The molecule has 0 bridgehead atoms. The van der Waals surface area contributed by atoms with Gasteiger partial charge in [0.25, 0.3) is 5.91 Å². The highest BCUT2D eigenvalue weighted by Crippen LogP contribution is 2.22. The van der Waals surface area contributed by atoms with Gasteiger partial charge < -0.3 is 9.64 Å². The summed E-state index contributed by atoms with van der Waals surface area (Å²) in [5, 5.41) is -0.0195. The Kier molecular flexibility index (Phi) is 5.12. The first kappa shape index (κ1) is 15.7. The van der Waals surface area contributed by atoms with Crippen molar-refractivity contribution >= 4 is 23.5 Å². The van der Waals surface area contributed by atoms with Crippen LogP contribution in [-0.2, 0) is 9.53 Å². The lowest BCUT2D eigenvalue weighted by molar-refractivity contribution is -0.149. The number of aromatic nitrogens is 1. The molecule has 0 aliphatic carbocycles. The Hall–Kier alpha value is -1.69. The summed E-state index contributed by atoms with van der Waals surface area (Å²) in [7, 11) is 0. The van der Waals surface area contributed by atoms with E-state index in [1.165, 1.54) is 0 Å². The molecule has 1 saturated heterocycles. The second-order valence-corrected chi connectivity index (χ2v) is 5.17. The summed E-state index contributed by atoms with van der Waals surface area (Å²) in [6.45, 7) is 2.93. The van der Waals surface area contributed by atoms with E-state index in [4.69, 9.17) is 16.3 Å². The fourth-order valence-corrected chi connectivity index (χ4v) is 2.51. The first-order valence-electron chi connectivity index (χ1n) is 6.80. The van der Waals surface area contributed by atoms with Crippen molar-refractivity contribution in [2.24, 2.45) is 5.92 Å². The summed E-state index contributed by atoms with van der Waals surface area (Å²) >= 11 is 5.83. The summed E-state index contributed by atoms with van der Waals surface area (Å²) < 4.78 is 18.1. The van der Waals surface area contributed by atoms with Gasteiger partial charge in [-0.05, 0) is 25.8 Å². The Morgan fingerprint density at radius 2 is 2.14 bits per heavy atom. The van der Waals surface area contributed by atoms with Crippen LogP contribution in [0.4, 0.5) is 4.39 Å². The van der Waals surface area contributed by atoms with Gasteiger partial charge in [-0.15, -0.1) is 0 Å². The molecule has 5 nitrogen and oxygen atoms in total. The number of hydrogen-bond acceptors (Lipinski definition) is 4. The number of hydrogen-bond donors (Lipinski definition) is 0. The quantitative estimate of drug-likeness (QED) is 0.634. The molecular weight excluding hydrogens is 299 g/mol. The summed E-state index contributed by atoms with van der Waals surface area (Å²) in [5.74, 6) is -1.39. The number of carbonyl (C=O) groups is 2. The number of pyridine rings is 1. The van der Waals surface area contributed by atoms with Gasteiger partial charge in [-0.3, -0.25) is 9.59 Å². The topological polar surface area (TPSA) is 59.5 Å². The largest absolute Gasteiger partial charge is 0.466 e. The normalized spacial score (nSPS) is 15.9. The average Bonchev–Trinajstić information content (AvgIpc) is 2.49. The Bertz CT molecular complexity index is 545. The van der Waals surface area contributed by atoms with Gasteiger partial charge >= 0.3 is 5.97 Å². The highest BCUT2D eigenvalue weighted by molar-refractivity contribution is 6.32. The molecule has 2 rings (SSSR count). The van der Waals surface area contributed by atoms with Gasteiger partial charge in [0.1, 0.15) is 11.0 Å². The van der Waals surface area contributed by atoms with Crippen LogP contribution in [0.1, 0.15) is 30.1 Å². The number of halogens is 2. The summed E-state index contributed by atoms with van der Waals surface area (Å²) in [6.07, 6.45) is 2.03. The van der Waals surface area contributed by atoms with Gasteiger partial charge in [-0.2, -0.15) is 0 Å². The highest BCUT2D eigenvalue weighted by atomic mass is 35.5. The predicted octanol–water partition coefficient (Wildman–Crippen LogP) is 2.29. The molecule has 114 valence electrons. The molecule has 0 radical (unpaired) electrons. The standard InChI is InChI=1S/C14H16ClFN2O3/c1-2-21-14(20)9-3-5-18(6-4-9)13(19)11-7-10(16)8-17-12(11)15/h7-9H,2-6H2,1H3. The zero-order valence-electron chi connectivity index (χ0n) is 11.6. The number of ether oxygens (including phenoxy) is 1. The Balaban J connectivity index is 2.00. The molecule has 1 aromatic rings. The van der Waals surface area contributed by atoms with Crippen molar-refractivity contribution in [2.75, 3.05) is 19.7 Å². The average molecular weight is 315 g/mol. The van der Waals surface area contributed by atoms with Crippen LogP contribution in [0.2, 0.25) is 5.15 Å². The first-order chi connectivity index (χ1) is 10.0. The van der Waals surface area contributed by atoms with E-state index in [1.54, 1.807) is 11.8 Å². The summed E-state index contributed by atoms with van der Waals surface area (Å²) in [4.78, 5) is 29.1. The van der Waals surface area contributed by atoms with Crippen molar-refractivity contribution in [3.05, 3.63) is 28.8 Å². The third kappa shape index (κ3) is 3.69. The SMILES string of the molecule is CCOC(=O)C1CCN(C(=O)c2cc(F)cnc2Cl)CC1. The number of amides is 1. The Morgan fingerprint density at radius 1 is 1.48 bits per heavy atom. The predicted molar refractivity (Wildman–Crippen MR) is 74.5 cm³/mol. The fourth-order valence-electron chi connectivity index (χ4n) is 2.32. The first-order valence-corrected chi connectivity index (χ1v) is 7.17. The lowest BCUT2D eigenvalue weighted by atomic mass is 9.96. The maximum atomic E-state index is 13.2. The molecule has 1 aromatic heterocycles. The van der Waals surface area contributed by atoms with E-state index < -0.39 is 5.82 Å². The Morgan fingerprint density at radius 3 is 2.76 bits per heavy atom. The number of rotatable bonds is 3. The van der Waals surface area contributed by atoms with Crippen LogP contribution in [0.3, 0.4) is 0 Å². The fraction of sp³-hybridized carbons (Fsp3) is 0.500. The number of esters is 1. The second kappa shape index (κ2) is 6.85. The van der Waals surface area contributed by atoms with Crippen LogP contribution in [-0.4, -0.2) is 41.5 Å². The number of nitrogens with zero attached hydrogens (tertiary/aromatic N) is 2. The zero-order chi connectivity index (χ0) is 15.4. The van der Waals surface area contributed by atoms with E-state index in [0.717, 1.165) is 12.3 Å². The molecule has 21 heavy (non-hydrogen) atoms. The maximum Gasteiger partial charge on any atom is 0.309 e. The van der Waals surface area contributed by atoms with Crippen LogP contribution < -0.4 is 0 Å². The van der Waals surface area contributed by atoms with E-state index in [2.05, 4.69) is 4.98 Å². The van der Waals surface area contributed by atoms with Crippen molar-refractivity contribution in [3.63, 3.8) is 0 Å². The van der Waals surface area contributed by atoms with Gasteiger partial charge in [0, 0.05) is 13.1 Å². The van der Waals surface area contributed by atoms with E-state index >= 15 is 0 Å².